The van der Waals surface area contributed by atoms with E-state index in [1.54, 1.807) is 30.3 Å². The first-order valence-corrected chi connectivity index (χ1v) is 11.5. The molecule has 0 spiro atoms. The molecule has 0 radical (unpaired) electrons. The summed E-state index contributed by atoms with van der Waals surface area (Å²) in [5.41, 5.74) is 1.49. The van der Waals surface area contributed by atoms with E-state index in [4.69, 9.17) is 11.6 Å². The number of likely N-dealkylation sites (tertiary alicyclic amines) is 1. The van der Waals surface area contributed by atoms with Gasteiger partial charge in [0, 0.05) is 47.4 Å². The molecule has 2 aromatic rings. The average molecular weight is 472 g/mol. The highest BCUT2D eigenvalue weighted by atomic mass is 35.5. The molecule has 1 atom stereocenters. The second kappa shape index (κ2) is 9.39. The number of amides is 1. The summed E-state index contributed by atoms with van der Waals surface area (Å²) >= 11 is 6.49. The highest BCUT2D eigenvalue weighted by molar-refractivity contribution is 6.33. The van der Waals surface area contributed by atoms with Crippen LogP contribution < -0.4 is 4.90 Å². The van der Waals surface area contributed by atoms with Gasteiger partial charge in [-0.25, -0.2) is 4.79 Å². The van der Waals surface area contributed by atoms with Gasteiger partial charge in [0.05, 0.1) is 4.92 Å². The van der Waals surface area contributed by atoms with Crippen LogP contribution in [0.5, 0.6) is 0 Å². The zero-order valence-electron chi connectivity index (χ0n) is 18.4. The van der Waals surface area contributed by atoms with Crippen LogP contribution in [0.2, 0.25) is 5.02 Å². The third-order valence-electron chi connectivity index (χ3n) is 6.60. The maximum atomic E-state index is 13.3. The van der Waals surface area contributed by atoms with E-state index < -0.39 is 22.8 Å². The number of benzene rings is 2. The molecule has 0 aliphatic carbocycles. The fourth-order valence-corrected chi connectivity index (χ4v) is 5.00. The molecule has 0 bridgehead atoms. The number of nitrogens with zero attached hydrogens (tertiary/aromatic N) is 3. The van der Waals surface area contributed by atoms with Gasteiger partial charge in [-0.2, -0.15) is 0 Å². The molecule has 2 fully saturated rings. The molecule has 2 aliphatic heterocycles. The Labute approximate surface area is 196 Å². The number of carbonyl (C=O) groups excluding carboxylic acids is 1. The van der Waals surface area contributed by atoms with Crippen LogP contribution in [-0.4, -0.2) is 52.5 Å². The molecule has 1 unspecified atom stereocenters. The van der Waals surface area contributed by atoms with Crippen molar-refractivity contribution in [2.75, 3.05) is 24.5 Å². The maximum Gasteiger partial charge on any atom is 0.326 e. The zero-order chi connectivity index (χ0) is 23.7. The lowest BCUT2D eigenvalue weighted by atomic mass is 9.94. The molecule has 0 aromatic heterocycles. The number of nitro groups is 1. The fourth-order valence-electron chi connectivity index (χ4n) is 4.76. The van der Waals surface area contributed by atoms with Crippen LogP contribution in [0.25, 0.3) is 11.1 Å². The fraction of sp³-hybridized carbons (Fsp3) is 0.417. The predicted octanol–water partition coefficient (Wildman–Crippen LogP) is 4.84. The highest BCUT2D eigenvalue weighted by Crippen LogP contribution is 2.43. The number of carbonyl (C=O) groups is 2. The predicted molar refractivity (Wildman–Crippen MR) is 126 cm³/mol. The van der Waals surface area contributed by atoms with Crippen molar-refractivity contribution in [3.63, 3.8) is 0 Å². The Balaban J connectivity index is 1.88. The number of anilines is 1. The standard InChI is InChI=1S/C24H26ClN3O5/c1-15-8-11-26(12-9-15)22-18(17-5-2-3-6-19(17)25)13-16(14-21(22)28(32)33)23(29)27-10-4-7-20(27)24(30)31/h2-3,5-6,13-15,20H,4,7-12H2,1H3,(H,30,31). The van der Waals surface area contributed by atoms with Crippen LogP contribution in [0.15, 0.2) is 36.4 Å². The minimum atomic E-state index is -1.07. The number of rotatable bonds is 5. The largest absolute Gasteiger partial charge is 0.480 e. The first-order chi connectivity index (χ1) is 15.8. The minimum Gasteiger partial charge on any atom is -0.480 e. The number of hydrogen-bond acceptors (Lipinski definition) is 5. The second-order valence-corrected chi connectivity index (χ2v) is 9.20. The minimum absolute atomic E-state index is 0.0962. The van der Waals surface area contributed by atoms with Crippen LogP contribution in [0, 0.1) is 16.0 Å². The van der Waals surface area contributed by atoms with E-state index in [1.807, 2.05) is 4.90 Å². The van der Waals surface area contributed by atoms with Crippen molar-refractivity contribution in [3.8, 4) is 11.1 Å². The molecule has 33 heavy (non-hydrogen) atoms. The summed E-state index contributed by atoms with van der Waals surface area (Å²) in [6.45, 7) is 3.80. The van der Waals surface area contributed by atoms with Gasteiger partial charge in [0.15, 0.2) is 0 Å². The number of hydrogen-bond donors (Lipinski definition) is 1. The lowest BCUT2D eigenvalue weighted by Crippen LogP contribution is -2.40. The van der Waals surface area contributed by atoms with Crippen molar-refractivity contribution in [3.05, 3.63) is 57.1 Å². The van der Waals surface area contributed by atoms with Crippen LogP contribution in [-0.2, 0) is 4.79 Å². The average Bonchev–Trinajstić information content (AvgIpc) is 3.29. The molecule has 0 saturated carbocycles. The second-order valence-electron chi connectivity index (χ2n) is 8.79. The number of halogens is 1. The summed E-state index contributed by atoms with van der Waals surface area (Å²) < 4.78 is 0. The monoisotopic (exact) mass is 471 g/mol. The molecule has 1 N–H and O–H groups in total. The molecule has 2 aliphatic rings. The number of aliphatic carboxylic acids is 1. The lowest BCUT2D eigenvalue weighted by Gasteiger charge is -2.33. The highest BCUT2D eigenvalue weighted by Gasteiger charge is 2.36. The molecule has 2 aromatic carbocycles. The smallest absolute Gasteiger partial charge is 0.326 e. The summed E-state index contributed by atoms with van der Waals surface area (Å²) in [5, 5.41) is 22.1. The Hall–Kier alpha value is -3.13. The Bertz CT molecular complexity index is 1100. The molecular formula is C24H26ClN3O5. The van der Waals surface area contributed by atoms with Crippen molar-refractivity contribution >= 4 is 34.9 Å². The lowest BCUT2D eigenvalue weighted by molar-refractivity contribution is -0.384. The maximum absolute atomic E-state index is 13.3. The Kier molecular flexibility index (Phi) is 6.56. The Morgan fingerprint density at radius 3 is 2.42 bits per heavy atom. The number of piperidine rings is 1. The zero-order valence-corrected chi connectivity index (χ0v) is 19.1. The van der Waals surface area contributed by atoms with Crippen molar-refractivity contribution in [1.82, 2.24) is 4.90 Å². The van der Waals surface area contributed by atoms with E-state index >= 15 is 0 Å². The first-order valence-electron chi connectivity index (χ1n) is 11.1. The summed E-state index contributed by atoms with van der Waals surface area (Å²) in [6.07, 6.45) is 2.76. The van der Waals surface area contributed by atoms with Gasteiger partial charge in [-0.3, -0.25) is 14.9 Å². The van der Waals surface area contributed by atoms with Gasteiger partial charge in [-0.15, -0.1) is 0 Å². The van der Waals surface area contributed by atoms with E-state index in [0.717, 1.165) is 12.8 Å². The molecule has 2 saturated heterocycles. The molecule has 4 rings (SSSR count). The van der Waals surface area contributed by atoms with Gasteiger partial charge < -0.3 is 14.9 Å². The molecule has 1 amide bonds. The van der Waals surface area contributed by atoms with E-state index in [9.17, 15) is 24.8 Å². The van der Waals surface area contributed by atoms with Gasteiger partial charge in [0.2, 0.25) is 0 Å². The van der Waals surface area contributed by atoms with E-state index in [1.165, 1.54) is 11.0 Å². The number of carboxylic acid groups (broad SMARTS) is 1. The first kappa shape index (κ1) is 23.0. The van der Waals surface area contributed by atoms with Crippen LogP contribution in [0.4, 0.5) is 11.4 Å². The SMILES string of the molecule is CC1CCN(c2c(-c3ccccc3Cl)cc(C(=O)N3CCCC3C(=O)O)cc2[N+](=O)[O-])CC1. The molecule has 2 heterocycles. The molecular weight excluding hydrogens is 446 g/mol. The van der Waals surface area contributed by atoms with E-state index in [2.05, 4.69) is 6.92 Å². The van der Waals surface area contributed by atoms with Gasteiger partial charge >= 0.3 is 5.97 Å². The van der Waals surface area contributed by atoms with Gasteiger partial charge in [0.1, 0.15) is 11.7 Å². The van der Waals surface area contributed by atoms with Crippen LogP contribution >= 0.6 is 11.6 Å². The Morgan fingerprint density at radius 2 is 1.79 bits per heavy atom. The molecule has 8 nitrogen and oxygen atoms in total. The normalized spacial score (nSPS) is 19.0. The third-order valence-corrected chi connectivity index (χ3v) is 6.93. The van der Waals surface area contributed by atoms with Crippen molar-refractivity contribution < 1.29 is 19.6 Å². The summed E-state index contributed by atoms with van der Waals surface area (Å²) in [6, 6.07) is 9.04. The van der Waals surface area contributed by atoms with Crippen LogP contribution in [0.3, 0.4) is 0 Å². The number of carboxylic acids is 1. The summed E-state index contributed by atoms with van der Waals surface area (Å²) in [7, 11) is 0. The summed E-state index contributed by atoms with van der Waals surface area (Å²) in [5.74, 6) is -1.05. The summed E-state index contributed by atoms with van der Waals surface area (Å²) in [4.78, 5) is 40.0. The van der Waals surface area contributed by atoms with Gasteiger partial charge in [-0.05, 0) is 43.7 Å². The van der Waals surface area contributed by atoms with E-state index in [-0.39, 0.29) is 11.3 Å². The molecule has 174 valence electrons. The van der Waals surface area contributed by atoms with E-state index in [0.29, 0.717) is 60.2 Å². The van der Waals surface area contributed by atoms with Gasteiger partial charge in [-0.1, -0.05) is 36.7 Å². The Morgan fingerprint density at radius 1 is 1.09 bits per heavy atom. The third kappa shape index (κ3) is 4.53. The molecule has 9 heteroatoms. The topological polar surface area (TPSA) is 104 Å². The van der Waals surface area contributed by atoms with Crippen molar-refractivity contribution in [2.45, 2.75) is 38.6 Å². The quantitative estimate of drug-likeness (QED) is 0.494. The van der Waals surface area contributed by atoms with Crippen molar-refractivity contribution in [2.24, 2.45) is 5.92 Å². The number of nitro benzene ring substituents is 1. The van der Waals surface area contributed by atoms with Crippen molar-refractivity contribution in [1.29, 1.82) is 0 Å². The van der Waals surface area contributed by atoms with Crippen LogP contribution in [0.1, 0.15) is 43.0 Å². The van der Waals surface area contributed by atoms with Gasteiger partial charge in [0.25, 0.3) is 11.6 Å².